The molecule has 2 aliphatic rings. The van der Waals surface area contributed by atoms with Gasteiger partial charge < -0.3 is 5.32 Å². The van der Waals surface area contributed by atoms with Crippen molar-refractivity contribution in [1.29, 1.82) is 0 Å². The van der Waals surface area contributed by atoms with Crippen molar-refractivity contribution in [1.82, 2.24) is 10.0 Å². The van der Waals surface area contributed by atoms with Crippen LogP contribution in [0.25, 0.3) is 0 Å². The van der Waals surface area contributed by atoms with Gasteiger partial charge in [-0.3, -0.25) is 0 Å². The molecule has 0 spiro atoms. The van der Waals surface area contributed by atoms with Gasteiger partial charge in [-0.1, -0.05) is 32.1 Å². The largest absolute Gasteiger partial charge is 0.317 e. The molecule has 2 rings (SSSR count). The van der Waals surface area contributed by atoms with E-state index >= 15 is 0 Å². The Hall–Kier alpha value is -0.130. The van der Waals surface area contributed by atoms with Gasteiger partial charge in [-0.2, -0.15) is 0 Å². The monoisotopic (exact) mass is 302 g/mol. The first-order chi connectivity index (χ1) is 9.66. The van der Waals surface area contributed by atoms with E-state index in [0.29, 0.717) is 11.7 Å². The topological polar surface area (TPSA) is 58.2 Å². The summed E-state index contributed by atoms with van der Waals surface area (Å²) in [6.45, 7) is 2.08. The van der Waals surface area contributed by atoms with Crippen molar-refractivity contribution in [2.75, 3.05) is 18.8 Å². The Morgan fingerprint density at radius 2 is 1.50 bits per heavy atom. The normalized spacial score (nSPS) is 24.2. The zero-order chi connectivity index (χ0) is 14.3. The van der Waals surface area contributed by atoms with E-state index in [1.54, 1.807) is 0 Å². The first kappa shape index (κ1) is 16.2. The highest BCUT2D eigenvalue weighted by molar-refractivity contribution is 7.89. The molecular weight excluding hydrogens is 272 g/mol. The number of piperidine rings is 1. The Bertz CT molecular complexity index is 356. The number of nitrogens with one attached hydrogen (secondary N) is 2. The molecule has 0 aromatic carbocycles. The Balaban J connectivity index is 1.73. The molecule has 4 nitrogen and oxygen atoms in total. The summed E-state index contributed by atoms with van der Waals surface area (Å²) in [5.74, 6) is 0.902. The number of hydrogen-bond acceptors (Lipinski definition) is 3. The van der Waals surface area contributed by atoms with Gasteiger partial charge in [0.05, 0.1) is 5.75 Å². The summed E-state index contributed by atoms with van der Waals surface area (Å²) < 4.78 is 27.4. The molecule has 1 heterocycles. The molecule has 0 amide bonds. The van der Waals surface area contributed by atoms with Crippen molar-refractivity contribution in [2.45, 2.75) is 70.3 Å². The standard InChI is InChI=1S/C15H30N2O2S/c18-20(19,13-10-14-8-11-16-12-9-14)17-15-6-4-2-1-3-5-7-15/h14-17H,1-13H2. The zero-order valence-electron chi connectivity index (χ0n) is 12.6. The number of sulfonamides is 1. The molecule has 2 fully saturated rings. The van der Waals surface area contributed by atoms with Gasteiger partial charge in [0.25, 0.3) is 0 Å². The van der Waals surface area contributed by atoms with Crippen molar-refractivity contribution >= 4 is 10.0 Å². The van der Waals surface area contributed by atoms with E-state index in [4.69, 9.17) is 0 Å². The third-order valence-corrected chi connectivity index (χ3v) is 6.17. The predicted octanol–water partition coefficient (Wildman–Crippen LogP) is 2.41. The van der Waals surface area contributed by atoms with Crippen molar-refractivity contribution in [2.24, 2.45) is 5.92 Å². The van der Waals surface area contributed by atoms with Crippen LogP contribution >= 0.6 is 0 Å². The minimum absolute atomic E-state index is 0.188. The van der Waals surface area contributed by atoms with Crippen molar-refractivity contribution in [3.05, 3.63) is 0 Å². The van der Waals surface area contributed by atoms with Gasteiger partial charge in [-0.05, 0) is 51.1 Å². The molecule has 0 aromatic rings. The maximum atomic E-state index is 12.2. The molecule has 1 saturated carbocycles. The summed E-state index contributed by atoms with van der Waals surface area (Å²) in [6.07, 6.45) is 11.3. The van der Waals surface area contributed by atoms with Crippen molar-refractivity contribution in [3.63, 3.8) is 0 Å². The third-order valence-electron chi connectivity index (χ3n) is 4.70. The Morgan fingerprint density at radius 3 is 2.15 bits per heavy atom. The van der Waals surface area contributed by atoms with Crippen LogP contribution in [0.15, 0.2) is 0 Å². The van der Waals surface area contributed by atoms with E-state index in [0.717, 1.165) is 45.2 Å². The highest BCUT2D eigenvalue weighted by Gasteiger charge is 2.21. The fourth-order valence-corrected chi connectivity index (χ4v) is 4.88. The molecule has 0 bridgehead atoms. The first-order valence-electron chi connectivity index (χ1n) is 8.36. The molecule has 20 heavy (non-hydrogen) atoms. The molecule has 0 radical (unpaired) electrons. The summed E-state index contributed by atoms with van der Waals surface area (Å²) >= 11 is 0. The van der Waals surface area contributed by atoms with Crippen LogP contribution in [0.1, 0.15) is 64.2 Å². The lowest BCUT2D eigenvalue weighted by atomic mass is 9.96. The van der Waals surface area contributed by atoms with E-state index in [1.807, 2.05) is 0 Å². The second-order valence-electron chi connectivity index (χ2n) is 6.46. The van der Waals surface area contributed by atoms with E-state index in [-0.39, 0.29) is 6.04 Å². The van der Waals surface area contributed by atoms with Gasteiger partial charge in [0.15, 0.2) is 0 Å². The van der Waals surface area contributed by atoms with Crippen LogP contribution in [0.2, 0.25) is 0 Å². The highest BCUT2D eigenvalue weighted by atomic mass is 32.2. The molecule has 0 unspecified atom stereocenters. The van der Waals surface area contributed by atoms with Gasteiger partial charge in [0.2, 0.25) is 10.0 Å². The lowest BCUT2D eigenvalue weighted by Gasteiger charge is -2.24. The first-order valence-corrected chi connectivity index (χ1v) is 10.0. The lowest BCUT2D eigenvalue weighted by Crippen LogP contribution is -2.37. The quantitative estimate of drug-likeness (QED) is 0.820. The second kappa shape index (κ2) is 8.35. The summed E-state index contributed by atoms with van der Waals surface area (Å²) in [5.41, 5.74) is 0. The van der Waals surface area contributed by atoms with E-state index in [9.17, 15) is 8.42 Å². The third kappa shape index (κ3) is 6.10. The van der Waals surface area contributed by atoms with Gasteiger partial charge in [-0.25, -0.2) is 13.1 Å². The minimum atomic E-state index is -3.08. The Kier molecular flexibility index (Phi) is 6.78. The summed E-state index contributed by atoms with van der Waals surface area (Å²) in [6, 6.07) is 0.188. The molecule has 5 heteroatoms. The maximum Gasteiger partial charge on any atom is 0.211 e. The SMILES string of the molecule is O=S(=O)(CCC1CCNCC1)NC1CCCCCCC1. The number of rotatable bonds is 5. The van der Waals surface area contributed by atoms with Crippen LogP contribution < -0.4 is 10.0 Å². The lowest BCUT2D eigenvalue weighted by molar-refractivity contribution is 0.364. The van der Waals surface area contributed by atoms with Gasteiger partial charge in [-0.15, -0.1) is 0 Å². The van der Waals surface area contributed by atoms with Gasteiger partial charge >= 0.3 is 0 Å². The average Bonchev–Trinajstić information content (AvgIpc) is 2.41. The smallest absolute Gasteiger partial charge is 0.211 e. The van der Waals surface area contributed by atoms with E-state index in [2.05, 4.69) is 10.0 Å². The minimum Gasteiger partial charge on any atom is -0.317 e. The predicted molar refractivity (Wildman–Crippen MR) is 83.2 cm³/mol. The fourth-order valence-electron chi connectivity index (χ4n) is 3.38. The van der Waals surface area contributed by atoms with Crippen LogP contribution in [0.3, 0.4) is 0 Å². The van der Waals surface area contributed by atoms with Gasteiger partial charge in [0, 0.05) is 6.04 Å². The van der Waals surface area contributed by atoms with E-state index < -0.39 is 10.0 Å². The van der Waals surface area contributed by atoms with Crippen LogP contribution in [0.5, 0.6) is 0 Å². The summed E-state index contributed by atoms with van der Waals surface area (Å²) in [7, 11) is -3.08. The Labute approximate surface area is 124 Å². The molecule has 1 aliphatic carbocycles. The summed E-state index contributed by atoms with van der Waals surface area (Å²) in [4.78, 5) is 0. The molecule has 2 N–H and O–H groups in total. The molecule has 0 aromatic heterocycles. The second-order valence-corrected chi connectivity index (χ2v) is 8.33. The van der Waals surface area contributed by atoms with Crippen molar-refractivity contribution < 1.29 is 8.42 Å². The van der Waals surface area contributed by atoms with Crippen LogP contribution in [0, 0.1) is 5.92 Å². The van der Waals surface area contributed by atoms with Gasteiger partial charge in [0.1, 0.15) is 0 Å². The fraction of sp³-hybridized carbons (Fsp3) is 1.00. The average molecular weight is 302 g/mol. The maximum absolute atomic E-state index is 12.2. The molecule has 1 aliphatic heterocycles. The molecule has 0 atom stereocenters. The van der Waals surface area contributed by atoms with Crippen LogP contribution in [0.4, 0.5) is 0 Å². The zero-order valence-corrected chi connectivity index (χ0v) is 13.4. The highest BCUT2D eigenvalue weighted by Crippen LogP contribution is 2.19. The molecule has 118 valence electrons. The molecular formula is C15H30N2O2S. The van der Waals surface area contributed by atoms with Crippen LogP contribution in [-0.4, -0.2) is 33.3 Å². The summed E-state index contributed by atoms with van der Waals surface area (Å²) in [5, 5.41) is 3.33. The van der Waals surface area contributed by atoms with Crippen molar-refractivity contribution in [3.8, 4) is 0 Å². The van der Waals surface area contributed by atoms with Crippen LogP contribution in [-0.2, 0) is 10.0 Å². The molecule has 1 saturated heterocycles. The Morgan fingerprint density at radius 1 is 0.900 bits per heavy atom. The number of hydrogen-bond donors (Lipinski definition) is 2. The van der Waals surface area contributed by atoms with E-state index in [1.165, 1.54) is 32.1 Å².